The Morgan fingerprint density at radius 2 is 2.44 bits per heavy atom. The fourth-order valence-corrected chi connectivity index (χ4v) is 1.08. The molecule has 8 heteroatoms. The zero-order chi connectivity index (χ0) is 12.0. The molecule has 16 heavy (non-hydrogen) atoms. The van der Waals surface area contributed by atoms with E-state index >= 15 is 0 Å². The van der Waals surface area contributed by atoms with Crippen LogP contribution < -0.4 is 15.8 Å². The number of nitrogens with zero attached hydrogens (tertiary/aromatic N) is 2. The zero-order valence-electron chi connectivity index (χ0n) is 8.57. The molecule has 1 amide bonds. The van der Waals surface area contributed by atoms with Crippen LogP contribution in [0.3, 0.4) is 0 Å². The Hall–Kier alpha value is -1.41. The number of aromatic nitrogens is 2. The van der Waals surface area contributed by atoms with E-state index in [2.05, 4.69) is 31.2 Å². The van der Waals surface area contributed by atoms with E-state index in [-0.39, 0.29) is 11.7 Å². The number of hydrogen-bond donors (Lipinski definition) is 2. The standard InChI is InChI=1S/C8H11BrN4O3/c1-15-3-2-11-8(14)16-7-6(10)12-4-5(9)13-7/h4H,2-3H2,1H3,(H2,10,12)(H,11,14). The van der Waals surface area contributed by atoms with Crippen molar-refractivity contribution >= 4 is 27.8 Å². The van der Waals surface area contributed by atoms with Crippen LogP contribution in [-0.4, -0.2) is 36.3 Å². The van der Waals surface area contributed by atoms with Gasteiger partial charge in [0.2, 0.25) is 0 Å². The molecule has 0 aliphatic rings. The normalized spacial score (nSPS) is 9.88. The first-order valence-electron chi connectivity index (χ1n) is 4.36. The largest absolute Gasteiger partial charge is 0.414 e. The van der Waals surface area contributed by atoms with Gasteiger partial charge in [-0.3, -0.25) is 0 Å². The zero-order valence-corrected chi connectivity index (χ0v) is 10.2. The molecule has 1 aromatic heterocycles. The van der Waals surface area contributed by atoms with Gasteiger partial charge in [0, 0.05) is 13.7 Å². The molecule has 0 atom stereocenters. The van der Waals surface area contributed by atoms with Crippen molar-refractivity contribution < 1.29 is 14.3 Å². The molecule has 0 radical (unpaired) electrons. The lowest BCUT2D eigenvalue weighted by molar-refractivity contribution is 0.179. The molecule has 1 aromatic rings. The maximum absolute atomic E-state index is 11.2. The van der Waals surface area contributed by atoms with Crippen LogP contribution in [0.25, 0.3) is 0 Å². The van der Waals surface area contributed by atoms with Crippen LogP contribution in [0.5, 0.6) is 5.88 Å². The van der Waals surface area contributed by atoms with Gasteiger partial charge in [0.15, 0.2) is 5.82 Å². The van der Waals surface area contributed by atoms with E-state index in [0.717, 1.165) is 0 Å². The average Bonchev–Trinajstić information content (AvgIpc) is 2.24. The summed E-state index contributed by atoms with van der Waals surface area (Å²) in [6.07, 6.45) is 0.751. The van der Waals surface area contributed by atoms with Gasteiger partial charge < -0.3 is 20.5 Å². The molecule has 0 saturated heterocycles. The minimum Gasteiger partial charge on any atom is -0.387 e. The van der Waals surface area contributed by atoms with Crippen LogP contribution in [0.4, 0.5) is 10.6 Å². The minimum absolute atomic E-state index is 0.0377. The van der Waals surface area contributed by atoms with Gasteiger partial charge >= 0.3 is 6.09 Å². The van der Waals surface area contributed by atoms with Crippen LogP contribution in [0.2, 0.25) is 0 Å². The quantitative estimate of drug-likeness (QED) is 0.786. The predicted molar refractivity (Wildman–Crippen MR) is 60.0 cm³/mol. The monoisotopic (exact) mass is 290 g/mol. The van der Waals surface area contributed by atoms with E-state index in [1.54, 1.807) is 0 Å². The topological polar surface area (TPSA) is 99.4 Å². The second-order valence-corrected chi connectivity index (χ2v) is 3.50. The van der Waals surface area contributed by atoms with Crippen molar-refractivity contribution in [2.24, 2.45) is 0 Å². The van der Waals surface area contributed by atoms with E-state index in [4.69, 9.17) is 15.2 Å². The van der Waals surface area contributed by atoms with E-state index < -0.39 is 6.09 Å². The Kier molecular flexibility index (Phi) is 4.93. The number of nitrogen functional groups attached to an aromatic ring is 1. The second kappa shape index (κ2) is 6.23. The molecule has 3 N–H and O–H groups in total. The van der Waals surface area contributed by atoms with E-state index in [1.807, 2.05) is 0 Å². The van der Waals surface area contributed by atoms with Crippen LogP contribution in [0, 0.1) is 0 Å². The first-order chi connectivity index (χ1) is 7.63. The summed E-state index contributed by atoms with van der Waals surface area (Å²) >= 11 is 3.09. The molecule has 0 unspecified atom stereocenters. The van der Waals surface area contributed by atoms with Crippen LogP contribution in [0.1, 0.15) is 0 Å². The molecule has 1 heterocycles. The van der Waals surface area contributed by atoms with Crippen molar-refractivity contribution in [1.82, 2.24) is 15.3 Å². The summed E-state index contributed by atoms with van der Waals surface area (Å²) in [6, 6.07) is 0. The molecule has 1 rings (SSSR count). The first kappa shape index (κ1) is 12.7. The Morgan fingerprint density at radius 3 is 3.12 bits per heavy atom. The summed E-state index contributed by atoms with van der Waals surface area (Å²) in [7, 11) is 1.53. The Labute approximate surface area is 100 Å². The highest BCUT2D eigenvalue weighted by molar-refractivity contribution is 9.10. The highest BCUT2D eigenvalue weighted by atomic mass is 79.9. The molecule has 0 spiro atoms. The number of methoxy groups -OCH3 is 1. The fourth-order valence-electron chi connectivity index (χ4n) is 0.815. The van der Waals surface area contributed by atoms with Gasteiger partial charge in [-0.15, -0.1) is 0 Å². The lowest BCUT2D eigenvalue weighted by Crippen LogP contribution is -2.30. The highest BCUT2D eigenvalue weighted by Crippen LogP contribution is 2.17. The van der Waals surface area contributed by atoms with E-state index in [1.165, 1.54) is 13.3 Å². The Morgan fingerprint density at radius 1 is 1.69 bits per heavy atom. The van der Waals surface area contributed by atoms with Gasteiger partial charge in [-0.2, -0.15) is 0 Å². The lowest BCUT2D eigenvalue weighted by Gasteiger charge is -2.06. The molecule has 0 aliphatic heterocycles. The Bertz CT molecular complexity index is 374. The first-order valence-corrected chi connectivity index (χ1v) is 5.15. The summed E-state index contributed by atoms with van der Waals surface area (Å²) in [4.78, 5) is 18.8. The van der Waals surface area contributed by atoms with Crippen LogP contribution in [-0.2, 0) is 4.74 Å². The summed E-state index contributed by atoms with van der Waals surface area (Å²) in [5.41, 5.74) is 5.47. The third kappa shape index (κ3) is 3.99. The molecular weight excluding hydrogens is 280 g/mol. The number of halogens is 1. The van der Waals surface area contributed by atoms with Crippen molar-refractivity contribution in [1.29, 1.82) is 0 Å². The molecule has 7 nitrogen and oxygen atoms in total. The van der Waals surface area contributed by atoms with E-state index in [9.17, 15) is 4.79 Å². The Balaban J connectivity index is 2.52. The lowest BCUT2D eigenvalue weighted by atomic mass is 10.6. The molecule has 0 aliphatic carbocycles. The van der Waals surface area contributed by atoms with Gasteiger partial charge in [0.1, 0.15) is 4.60 Å². The molecule has 88 valence electrons. The van der Waals surface area contributed by atoms with Crippen molar-refractivity contribution in [2.45, 2.75) is 0 Å². The number of hydrogen-bond acceptors (Lipinski definition) is 6. The summed E-state index contributed by atoms with van der Waals surface area (Å²) in [5.74, 6) is 0.00869. The number of ether oxygens (including phenoxy) is 2. The molecule has 0 fully saturated rings. The highest BCUT2D eigenvalue weighted by Gasteiger charge is 2.09. The molecule has 0 bridgehead atoms. The summed E-state index contributed by atoms with van der Waals surface area (Å²) in [6.45, 7) is 0.741. The maximum Gasteiger partial charge on any atom is 0.414 e. The number of carbonyl (C=O) groups excluding carboxylic acids is 1. The molecular formula is C8H11BrN4O3. The fraction of sp³-hybridized carbons (Fsp3) is 0.375. The smallest absolute Gasteiger partial charge is 0.387 e. The van der Waals surface area contributed by atoms with Gasteiger partial charge in [0.05, 0.1) is 12.8 Å². The SMILES string of the molecule is COCCNC(=O)Oc1nc(Br)cnc1N. The number of rotatable bonds is 4. The van der Waals surface area contributed by atoms with Gasteiger partial charge in [0.25, 0.3) is 5.88 Å². The van der Waals surface area contributed by atoms with Crippen molar-refractivity contribution in [3.8, 4) is 5.88 Å². The van der Waals surface area contributed by atoms with Crippen molar-refractivity contribution in [2.75, 3.05) is 26.0 Å². The van der Waals surface area contributed by atoms with Gasteiger partial charge in [-0.1, -0.05) is 0 Å². The third-order valence-electron chi connectivity index (χ3n) is 1.50. The molecule has 0 saturated carbocycles. The number of nitrogens with one attached hydrogen (secondary N) is 1. The van der Waals surface area contributed by atoms with Crippen LogP contribution >= 0.6 is 15.9 Å². The van der Waals surface area contributed by atoms with Crippen molar-refractivity contribution in [3.05, 3.63) is 10.8 Å². The summed E-state index contributed by atoms with van der Waals surface area (Å²) in [5, 5.41) is 2.45. The van der Waals surface area contributed by atoms with Crippen molar-refractivity contribution in [3.63, 3.8) is 0 Å². The van der Waals surface area contributed by atoms with Gasteiger partial charge in [-0.25, -0.2) is 14.8 Å². The predicted octanol–water partition coefficient (Wildman–Crippen LogP) is 0.556. The second-order valence-electron chi connectivity index (χ2n) is 2.69. The minimum atomic E-state index is -0.656. The number of carbonyl (C=O) groups is 1. The third-order valence-corrected chi connectivity index (χ3v) is 1.88. The van der Waals surface area contributed by atoms with E-state index in [0.29, 0.717) is 17.8 Å². The number of nitrogens with two attached hydrogens (primary N) is 1. The average molecular weight is 291 g/mol. The van der Waals surface area contributed by atoms with Crippen LogP contribution in [0.15, 0.2) is 10.8 Å². The number of amides is 1. The van der Waals surface area contributed by atoms with Gasteiger partial charge in [-0.05, 0) is 15.9 Å². The maximum atomic E-state index is 11.2. The summed E-state index contributed by atoms with van der Waals surface area (Å²) < 4.78 is 10.0. The number of anilines is 1. The molecule has 0 aromatic carbocycles.